The summed E-state index contributed by atoms with van der Waals surface area (Å²) in [6.07, 6.45) is 2.84. The normalized spacial score (nSPS) is 16.9. The van der Waals surface area contributed by atoms with Crippen LogP contribution < -0.4 is 10.6 Å². The van der Waals surface area contributed by atoms with Crippen molar-refractivity contribution < 1.29 is 24.6 Å². The van der Waals surface area contributed by atoms with Crippen LogP contribution in [-0.4, -0.2) is 64.1 Å². The van der Waals surface area contributed by atoms with Crippen LogP contribution in [0.4, 0.5) is 0 Å². The monoisotopic (exact) mass is 495 g/mol. The van der Waals surface area contributed by atoms with Crippen molar-refractivity contribution in [1.29, 1.82) is 0 Å². The molecule has 194 valence electrons. The number of likely N-dealkylation sites (tertiary alicyclic amines) is 1. The molecule has 0 bridgehead atoms. The van der Waals surface area contributed by atoms with Crippen molar-refractivity contribution in [1.82, 2.24) is 15.5 Å². The molecule has 8 heteroatoms. The molecule has 0 aliphatic carbocycles. The maximum atomic E-state index is 13.4. The fourth-order valence-electron chi connectivity index (χ4n) is 4.57. The molecule has 1 aliphatic heterocycles. The van der Waals surface area contributed by atoms with Crippen molar-refractivity contribution in [2.24, 2.45) is 0 Å². The molecule has 3 rings (SSSR count). The number of phenolic OH excluding ortho intramolecular Hbond substituents is 1. The molecular formula is C28H37N3O5. The molecule has 2 aromatic rings. The Bertz CT molecular complexity index is 1040. The first-order valence-corrected chi connectivity index (χ1v) is 12.7. The average Bonchev–Trinajstić information content (AvgIpc) is 3.37. The van der Waals surface area contributed by atoms with Gasteiger partial charge in [0.25, 0.3) is 11.8 Å². The lowest BCUT2D eigenvalue weighted by Gasteiger charge is -2.30. The minimum atomic E-state index is -1.54. The van der Waals surface area contributed by atoms with Crippen LogP contribution in [0.1, 0.15) is 60.5 Å². The number of rotatable bonds is 11. The number of carbonyl (C=O) groups excluding carboxylic acids is 3. The summed E-state index contributed by atoms with van der Waals surface area (Å²) in [6, 6.07) is 12.4. The number of nitrogens with zero attached hydrogens (tertiary/aromatic N) is 1. The number of carbonyl (C=O) groups is 3. The van der Waals surface area contributed by atoms with Gasteiger partial charge in [-0.2, -0.15) is 0 Å². The fourth-order valence-corrected chi connectivity index (χ4v) is 4.57. The van der Waals surface area contributed by atoms with Crippen molar-refractivity contribution in [2.45, 2.75) is 70.6 Å². The Morgan fingerprint density at radius 2 is 1.83 bits per heavy atom. The summed E-state index contributed by atoms with van der Waals surface area (Å²) in [6.45, 7) is 4.66. The Morgan fingerprint density at radius 1 is 1.08 bits per heavy atom. The first-order valence-electron chi connectivity index (χ1n) is 12.7. The highest BCUT2D eigenvalue weighted by Gasteiger charge is 2.39. The van der Waals surface area contributed by atoms with Gasteiger partial charge in [0.2, 0.25) is 5.91 Å². The second-order valence-electron chi connectivity index (χ2n) is 9.35. The van der Waals surface area contributed by atoms with Gasteiger partial charge in [0.1, 0.15) is 11.8 Å². The number of nitrogens with one attached hydrogen (secondary N) is 2. The summed E-state index contributed by atoms with van der Waals surface area (Å²) >= 11 is 0. The number of phenols is 1. The number of hydrogen-bond acceptors (Lipinski definition) is 5. The Labute approximate surface area is 212 Å². The molecule has 0 radical (unpaired) electrons. The number of aliphatic hydroxyl groups is 1. The van der Waals surface area contributed by atoms with Crippen LogP contribution in [0, 0.1) is 6.92 Å². The first-order chi connectivity index (χ1) is 17.3. The van der Waals surface area contributed by atoms with Gasteiger partial charge in [-0.15, -0.1) is 0 Å². The van der Waals surface area contributed by atoms with E-state index in [9.17, 15) is 24.6 Å². The van der Waals surface area contributed by atoms with E-state index in [0.717, 1.165) is 24.8 Å². The number of hydrogen-bond donors (Lipinski definition) is 4. The SMILES string of the molecule is CCCCCNC(=O)[C@@H]1CCCN1C(=O)[C@@H](O)[C@H](Cc1ccccc1)NC(=O)c1cccc(O)c1C. The second-order valence-corrected chi connectivity index (χ2v) is 9.35. The zero-order valence-corrected chi connectivity index (χ0v) is 21.1. The Balaban J connectivity index is 1.76. The molecule has 3 amide bonds. The molecule has 1 aliphatic rings. The third-order valence-electron chi connectivity index (χ3n) is 6.72. The van der Waals surface area contributed by atoms with Gasteiger partial charge in [-0.05, 0) is 50.3 Å². The maximum absolute atomic E-state index is 13.4. The van der Waals surface area contributed by atoms with Crippen molar-refractivity contribution in [3.8, 4) is 5.75 Å². The number of aromatic hydroxyl groups is 1. The largest absolute Gasteiger partial charge is 0.508 e. The van der Waals surface area contributed by atoms with Crippen LogP contribution in [0.3, 0.4) is 0 Å². The number of unbranched alkanes of at least 4 members (excludes halogenated alkanes) is 2. The standard InChI is InChI=1S/C28H37N3O5/c1-3-4-8-16-29-27(35)23-14-10-17-31(23)28(36)25(33)22(18-20-11-6-5-7-12-20)30-26(34)21-13-9-15-24(32)19(21)2/h5-7,9,11-13,15,22-23,25,32-33H,3-4,8,10,14,16-18H2,1-2H3,(H,29,35)(H,30,34)/t22-,23-,25-/m0/s1. The van der Waals surface area contributed by atoms with Crippen molar-refractivity contribution >= 4 is 17.7 Å². The van der Waals surface area contributed by atoms with Gasteiger partial charge in [-0.1, -0.05) is 56.2 Å². The van der Waals surface area contributed by atoms with E-state index in [0.29, 0.717) is 31.5 Å². The lowest BCUT2D eigenvalue weighted by molar-refractivity contribution is -0.146. The first kappa shape index (κ1) is 27.2. The molecule has 2 aromatic carbocycles. The second kappa shape index (κ2) is 13.1. The minimum Gasteiger partial charge on any atom is -0.508 e. The van der Waals surface area contributed by atoms with Gasteiger partial charge in [0.05, 0.1) is 6.04 Å². The highest BCUT2D eigenvalue weighted by atomic mass is 16.3. The van der Waals surface area contributed by atoms with Gasteiger partial charge in [0, 0.05) is 24.2 Å². The predicted molar refractivity (Wildman–Crippen MR) is 138 cm³/mol. The van der Waals surface area contributed by atoms with E-state index in [-0.39, 0.29) is 23.6 Å². The molecule has 0 unspecified atom stereocenters. The quantitative estimate of drug-likeness (QED) is 0.358. The van der Waals surface area contributed by atoms with Gasteiger partial charge in [-0.25, -0.2) is 0 Å². The molecule has 4 N–H and O–H groups in total. The third kappa shape index (κ3) is 6.85. The van der Waals surface area contributed by atoms with E-state index in [2.05, 4.69) is 17.6 Å². The lowest BCUT2D eigenvalue weighted by atomic mass is 9.98. The molecule has 1 fully saturated rings. The highest BCUT2D eigenvalue weighted by Crippen LogP contribution is 2.22. The number of amides is 3. The average molecular weight is 496 g/mol. The summed E-state index contributed by atoms with van der Waals surface area (Å²) in [4.78, 5) is 40.7. The minimum absolute atomic E-state index is 0.0104. The molecule has 0 spiro atoms. The zero-order valence-electron chi connectivity index (χ0n) is 21.1. The van der Waals surface area contributed by atoms with Crippen LogP contribution in [0.25, 0.3) is 0 Å². The number of benzene rings is 2. The van der Waals surface area contributed by atoms with E-state index in [4.69, 9.17) is 0 Å². The number of aliphatic hydroxyl groups excluding tert-OH is 1. The summed E-state index contributed by atoms with van der Waals surface area (Å²) < 4.78 is 0. The molecule has 3 atom stereocenters. The van der Waals surface area contributed by atoms with Crippen LogP contribution in [-0.2, 0) is 16.0 Å². The summed E-state index contributed by atoms with van der Waals surface area (Å²) in [5, 5.41) is 26.9. The van der Waals surface area contributed by atoms with E-state index in [1.54, 1.807) is 19.1 Å². The van der Waals surface area contributed by atoms with Crippen LogP contribution in [0.2, 0.25) is 0 Å². The van der Waals surface area contributed by atoms with Gasteiger partial charge in [-0.3, -0.25) is 14.4 Å². The molecule has 1 heterocycles. The van der Waals surface area contributed by atoms with Crippen molar-refractivity contribution in [3.63, 3.8) is 0 Å². The van der Waals surface area contributed by atoms with Crippen molar-refractivity contribution in [3.05, 3.63) is 65.2 Å². The van der Waals surface area contributed by atoms with Gasteiger partial charge in [0.15, 0.2) is 6.10 Å². The third-order valence-corrected chi connectivity index (χ3v) is 6.72. The molecule has 1 saturated heterocycles. The Hall–Kier alpha value is -3.39. The molecule has 8 nitrogen and oxygen atoms in total. The van der Waals surface area contributed by atoms with E-state index in [1.807, 2.05) is 30.3 Å². The predicted octanol–water partition coefficient (Wildman–Crippen LogP) is 2.70. The van der Waals surface area contributed by atoms with Gasteiger partial charge < -0.3 is 25.7 Å². The Morgan fingerprint density at radius 3 is 2.56 bits per heavy atom. The molecular weight excluding hydrogens is 458 g/mol. The van der Waals surface area contributed by atoms with Crippen LogP contribution >= 0.6 is 0 Å². The fraction of sp³-hybridized carbons (Fsp3) is 0.464. The van der Waals surface area contributed by atoms with Gasteiger partial charge >= 0.3 is 0 Å². The Kier molecular flexibility index (Phi) is 9.87. The topological polar surface area (TPSA) is 119 Å². The zero-order chi connectivity index (χ0) is 26.1. The summed E-state index contributed by atoms with van der Waals surface area (Å²) in [5.41, 5.74) is 1.51. The summed E-state index contributed by atoms with van der Waals surface area (Å²) in [7, 11) is 0. The van der Waals surface area contributed by atoms with Crippen LogP contribution in [0.15, 0.2) is 48.5 Å². The van der Waals surface area contributed by atoms with Crippen LogP contribution in [0.5, 0.6) is 5.75 Å². The molecule has 0 saturated carbocycles. The maximum Gasteiger partial charge on any atom is 0.254 e. The highest BCUT2D eigenvalue weighted by molar-refractivity contribution is 5.97. The molecule has 36 heavy (non-hydrogen) atoms. The lowest BCUT2D eigenvalue weighted by Crippen LogP contribution is -2.55. The van der Waals surface area contributed by atoms with E-state index in [1.165, 1.54) is 11.0 Å². The smallest absolute Gasteiger partial charge is 0.254 e. The van der Waals surface area contributed by atoms with E-state index < -0.39 is 30.0 Å². The summed E-state index contributed by atoms with van der Waals surface area (Å²) in [5.74, 6) is -1.29. The molecule has 0 aromatic heterocycles. The van der Waals surface area contributed by atoms with Crippen molar-refractivity contribution in [2.75, 3.05) is 13.1 Å². The van der Waals surface area contributed by atoms with E-state index >= 15 is 0 Å².